The van der Waals surface area contributed by atoms with E-state index in [9.17, 15) is 4.79 Å². The largest absolute Gasteiger partial charge is 0.368 e. The molecule has 9 nitrogen and oxygen atoms in total. The Morgan fingerprint density at radius 1 is 1.14 bits per heavy atom. The fourth-order valence-corrected chi connectivity index (χ4v) is 3.83. The number of hydrogen-bond acceptors (Lipinski definition) is 7. The van der Waals surface area contributed by atoms with Gasteiger partial charge in [0.15, 0.2) is 5.82 Å². The molecule has 0 amide bonds. The zero-order chi connectivity index (χ0) is 20.1. The number of aryl methyl sites for hydroxylation is 1. The molecule has 0 saturated carbocycles. The second-order valence-corrected chi connectivity index (χ2v) is 7.24. The van der Waals surface area contributed by atoms with Crippen molar-refractivity contribution in [2.24, 2.45) is 0 Å². The summed E-state index contributed by atoms with van der Waals surface area (Å²) in [4.78, 5) is 28.0. The normalized spacial score (nSPS) is 16.2. The van der Waals surface area contributed by atoms with E-state index < -0.39 is 0 Å². The molecule has 1 aliphatic heterocycles. The summed E-state index contributed by atoms with van der Waals surface area (Å²) in [5.74, 6) is 1.77. The molecule has 4 aromatic rings. The van der Waals surface area contributed by atoms with Gasteiger partial charge in [-0.05, 0) is 31.5 Å². The minimum Gasteiger partial charge on any atom is -0.368 e. The van der Waals surface area contributed by atoms with E-state index in [-0.39, 0.29) is 17.5 Å². The molecule has 146 valence electrons. The van der Waals surface area contributed by atoms with Crippen molar-refractivity contribution in [2.45, 2.75) is 19.4 Å². The summed E-state index contributed by atoms with van der Waals surface area (Å²) in [5, 5.41) is 5.09. The van der Waals surface area contributed by atoms with Crippen molar-refractivity contribution in [3.63, 3.8) is 0 Å². The van der Waals surface area contributed by atoms with Gasteiger partial charge in [-0.25, -0.2) is 4.52 Å². The molecule has 10 heteroatoms. The molecular formula is C19H17ClN8O. The summed E-state index contributed by atoms with van der Waals surface area (Å²) in [6.07, 6.45) is 2.48. The summed E-state index contributed by atoms with van der Waals surface area (Å²) in [5.41, 5.74) is 6.64. The molecule has 1 aliphatic rings. The highest BCUT2D eigenvalue weighted by atomic mass is 35.5. The van der Waals surface area contributed by atoms with Gasteiger partial charge in [-0.2, -0.15) is 20.1 Å². The molecule has 0 spiro atoms. The Morgan fingerprint density at radius 3 is 2.62 bits per heavy atom. The highest BCUT2D eigenvalue weighted by molar-refractivity contribution is 6.33. The Morgan fingerprint density at radius 2 is 1.93 bits per heavy atom. The van der Waals surface area contributed by atoms with Crippen LogP contribution in [0, 0.1) is 6.92 Å². The molecule has 0 aliphatic carbocycles. The zero-order valence-corrected chi connectivity index (χ0v) is 16.3. The molecule has 1 atom stereocenters. The molecule has 5 rings (SSSR count). The molecule has 1 saturated heterocycles. The van der Waals surface area contributed by atoms with E-state index in [1.54, 1.807) is 23.8 Å². The number of hydrogen-bond donors (Lipinski definition) is 1. The van der Waals surface area contributed by atoms with Crippen LogP contribution in [0.3, 0.4) is 0 Å². The van der Waals surface area contributed by atoms with Crippen LogP contribution in [0.4, 0.5) is 11.9 Å². The van der Waals surface area contributed by atoms with Gasteiger partial charge in [0.05, 0.1) is 16.8 Å². The molecule has 2 N–H and O–H groups in total. The maximum atomic E-state index is 13.4. The van der Waals surface area contributed by atoms with Gasteiger partial charge in [-0.15, -0.1) is 0 Å². The van der Waals surface area contributed by atoms with Crippen molar-refractivity contribution in [2.75, 3.05) is 17.2 Å². The lowest BCUT2D eigenvalue weighted by Crippen LogP contribution is -2.45. The van der Waals surface area contributed by atoms with E-state index in [2.05, 4.69) is 15.0 Å². The van der Waals surface area contributed by atoms with Gasteiger partial charge in [-0.1, -0.05) is 29.8 Å². The summed E-state index contributed by atoms with van der Waals surface area (Å²) in [6, 6.07) is 10.9. The maximum absolute atomic E-state index is 13.4. The quantitative estimate of drug-likeness (QED) is 0.553. The summed E-state index contributed by atoms with van der Waals surface area (Å²) in [6.45, 7) is 2.49. The number of benzene rings is 1. The molecule has 1 aromatic carbocycles. The first-order valence-corrected chi connectivity index (χ1v) is 9.51. The summed E-state index contributed by atoms with van der Waals surface area (Å²) >= 11 is 6.25. The van der Waals surface area contributed by atoms with Crippen LogP contribution < -0.4 is 16.2 Å². The molecular weight excluding hydrogens is 392 g/mol. The number of halogens is 1. The Labute approximate surface area is 170 Å². The predicted octanol–water partition coefficient (Wildman–Crippen LogP) is 2.17. The molecule has 0 radical (unpaired) electrons. The predicted molar refractivity (Wildman–Crippen MR) is 109 cm³/mol. The first kappa shape index (κ1) is 17.6. The van der Waals surface area contributed by atoms with Crippen LogP contribution in [0.2, 0.25) is 5.02 Å². The first-order chi connectivity index (χ1) is 14.0. The summed E-state index contributed by atoms with van der Waals surface area (Å²) in [7, 11) is 0. The van der Waals surface area contributed by atoms with Gasteiger partial charge in [-0.3, -0.25) is 9.36 Å². The van der Waals surface area contributed by atoms with Crippen molar-refractivity contribution in [3.05, 3.63) is 69.6 Å². The summed E-state index contributed by atoms with van der Waals surface area (Å²) < 4.78 is 3.14. The van der Waals surface area contributed by atoms with Crippen molar-refractivity contribution in [1.82, 2.24) is 29.1 Å². The number of aromatic nitrogens is 6. The Balaban J connectivity index is 1.71. The van der Waals surface area contributed by atoms with Crippen LogP contribution in [0.5, 0.6) is 0 Å². The van der Waals surface area contributed by atoms with Crippen LogP contribution in [0.25, 0.3) is 11.2 Å². The molecule has 1 fully saturated rings. The fraction of sp³-hybridized carbons (Fsp3) is 0.211. The van der Waals surface area contributed by atoms with Gasteiger partial charge in [0.1, 0.15) is 11.3 Å². The van der Waals surface area contributed by atoms with Gasteiger partial charge < -0.3 is 10.6 Å². The van der Waals surface area contributed by atoms with Crippen molar-refractivity contribution >= 4 is 29.0 Å². The average Bonchev–Trinajstić information content (AvgIpc) is 3.02. The molecule has 3 aromatic heterocycles. The van der Waals surface area contributed by atoms with E-state index in [0.29, 0.717) is 28.1 Å². The molecule has 0 bridgehead atoms. The third kappa shape index (κ3) is 2.82. The number of nitrogens with zero attached hydrogens (tertiary/aromatic N) is 7. The standard InChI is InChI=1S/C19H17ClN8O/c1-11-22-18(21)24-19(23-11)26-9-8-14(26)16-25-27-10-7-13(20)15(27)17(29)28(16)12-5-3-2-4-6-12/h2-7,10,14H,8-9H2,1H3,(H2,21,22,23,24)/t14-/m0/s1. The van der Waals surface area contributed by atoms with Gasteiger partial charge >= 0.3 is 0 Å². The highest BCUT2D eigenvalue weighted by Crippen LogP contribution is 2.35. The average molecular weight is 409 g/mol. The number of rotatable bonds is 3. The lowest BCUT2D eigenvalue weighted by molar-refractivity contribution is 0.418. The minimum atomic E-state index is -0.227. The van der Waals surface area contributed by atoms with Crippen LogP contribution in [0.1, 0.15) is 24.1 Å². The number of fused-ring (bicyclic) bond motifs is 1. The molecule has 29 heavy (non-hydrogen) atoms. The second-order valence-electron chi connectivity index (χ2n) is 6.83. The van der Waals surface area contributed by atoms with E-state index in [1.165, 1.54) is 4.52 Å². The Bertz CT molecular complexity index is 1260. The highest BCUT2D eigenvalue weighted by Gasteiger charge is 2.36. The topological polar surface area (TPSA) is 107 Å². The van der Waals surface area contributed by atoms with E-state index in [4.69, 9.17) is 22.4 Å². The zero-order valence-electron chi connectivity index (χ0n) is 15.5. The third-order valence-electron chi connectivity index (χ3n) is 5.00. The third-order valence-corrected chi connectivity index (χ3v) is 5.31. The first-order valence-electron chi connectivity index (χ1n) is 9.13. The minimum absolute atomic E-state index is 0.166. The van der Waals surface area contributed by atoms with E-state index in [1.807, 2.05) is 35.2 Å². The SMILES string of the molecule is Cc1nc(N)nc(N2CC[C@H]2c2nn3ccc(Cl)c3c(=O)n2-c2ccccc2)n1. The van der Waals surface area contributed by atoms with Crippen molar-refractivity contribution < 1.29 is 0 Å². The Hall–Kier alpha value is -3.46. The maximum Gasteiger partial charge on any atom is 0.284 e. The number of para-hydroxylation sites is 1. The lowest BCUT2D eigenvalue weighted by Gasteiger charge is -2.40. The Kier molecular flexibility index (Phi) is 3.99. The smallest absolute Gasteiger partial charge is 0.284 e. The van der Waals surface area contributed by atoms with Crippen molar-refractivity contribution in [1.29, 1.82) is 0 Å². The number of nitrogens with two attached hydrogens (primary N) is 1. The number of anilines is 2. The monoisotopic (exact) mass is 408 g/mol. The van der Waals surface area contributed by atoms with Gasteiger partial charge in [0, 0.05) is 12.7 Å². The van der Waals surface area contributed by atoms with Crippen LogP contribution >= 0.6 is 11.6 Å². The lowest BCUT2D eigenvalue weighted by atomic mass is 10.0. The van der Waals surface area contributed by atoms with Crippen LogP contribution in [0.15, 0.2) is 47.4 Å². The second kappa shape index (κ2) is 6.56. The van der Waals surface area contributed by atoms with Gasteiger partial charge in [0.25, 0.3) is 5.56 Å². The van der Waals surface area contributed by atoms with Crippen LogP contribution in [-0.2, 0) is 0 Å². The van der Waals surface area contributed by atoms with E-state index in [0.717, 1.165) is 18.7 Å². The van der Waals surface area contributed by atoms with Gasteiger partial charge in [0.2, 0.25) is 11.9 Å². The fourth-order valence-electron chi connectivity index (χ4n) is 3.60. The number of nitrogen functional groups attached to an aromatic ring is 1. The molecule has 4 heterocycles. The molecule has 0 unspecified atom stereocenters. The van der Waals surface area contributed by atoms with E-state index >= 15 is 0 Å². The van der Waals surface area contributed by atoms with Crippen molar-refractivity contribution in [3.8, 4) is 5.69 Å². The van der Waals surface area contributed by atoms with Crippen LogP contribution in [-0.4, -0.2) is 35.7 Å².